The van der Waals surface area contributed by atoms with Crippen molar-refractivity contribution in [1.82, 2.24) is 9.80 Å². The van der Waals surface area contributed by atoms with Gasteiger partial charge < -0.3 is 10.2 Å². The summed E-state index contributed by atoms with van der Waals surface area (Å²) in [5.74, 6) is -0.103. The number of hydrogen-bond donors (Lipinski definition) is 2. The molecule has 7 nitrogen and oxygen atoms in total. The van der Waals surface area contributed by atoms with Gasteiger partial charge in [0.05, 0.1) is 4.90 Å². The Balaban J connectivity index is 1.48. The fraction of sp³-hybridized carbons (Fsp3) is 0.393. The number of piperazine rings is 1. The summed E-state index contributed by atoms with van der Waals surface area (Å²) in [6.45, 7) is 13.9. The van der Waals surface area contributed by atoms with Crippen LogP contribution in [0.25, 0.3) is 10.8 Å². The van der Waals surface area contributed by atoms with E-state index in [0.29, 0.717) is 16.8 Å². The van der Waals surface area contributed by atoms with Gasteiger partial charge in [0, 0.05) is 54.9 Å². The summed E-state index contributed by atoms with van der Waals surface area (Å²) in [6, 6.07) is 18.1. The van der Waals surface area contributed by atoms with Crippen LogP contribution in [0.5, 0.6) is 0 Å². The van der Waals surface area contributed by atoms with Gasteiger partial charge in [-0.25, -0.2) is 8.42 Å². The van der Waals surface area contributed by atoms with Crippen molar-refractivity contribution in [3.8, 4) is 0 Å². The van der Waals surface area contributed by atoms with Crippen LogP contribution in [0.15, 0.2) is 65.6 Å². The second kappa shape index (κ2) is 10.6. The van der Waals surface area contributed by atoms with Gasteiger partial charge in [0.25, 0.3) is 10.0 Å². The van der Waals surface area contributed by atoms with Crippen LogP contribution in [0, 0.1) is 5.41 Å². The minimum Gasteiger partial charge on any atom is -0.326 e. The van der Waals surface area contributed by atoms with E-state index in [1.54, 1.807) is 36.4 Å². The third kappa shape index (κ3) is 6.24. The molecule has 1 aliphatic heterocycles. The highest BCUT2D eigenvalue weighted by Crippen LogP contribution is 2.27. The molecular weight excluding hydrogens is 472 g/mol. The number of fused-ring (bicyclic) bond motifs is 1. The second-order valence-corrected chi connectivity index (χ2v) is 12.1. The number of benzene rings is 3. The van der Waals surface area contributed by atoms with Gasteiger partial charge in [-0.15, -0.1) is 0 Å². The highest BCUT2D eigenvalue weighted by atomic mass is 32.2. The Morgan fingerprint density at radius 1 is 0.889 bits per heavy atom. The third-order valence-corrected chi connectivity index (χ3v) is 8.03. The first-order chi connectivity index (χ1) is 17.0. The Hall–Kier alpha value is -2.94. The number of nitrogens with one attached hydrogen (secondary N) is 2. The molecule has 0 bridgehead atoms. The summed E-state index contributed by atoms with van der Waals surface area (Å²) in [7, 11) is -3.80. The van der Waals surface area contributed by atoms with Crippen molar-refractivity contribution in [1.29, 1.82) is 0 Å². The topological polar surface area (TPSA) is 81.8 Å². The molecule has 3 aromatic carbocycles. The number of sulfonamides is 1. The molecule has 1 amide bonds. The summed E-state index contributed by atoms with van der Waals surface area (Å²) >= 11 is 0. The fourth-order valence-electron chi connectivity index (χ4n) is 4.31. The average Bonchev–Trinajstić information content (AvgIpc) is 2.84. The quantitative estimate of drug-likeness (QED) is 0.481. The standard InChI is InChI=1S/C28H36N4O3S/c1-5-31-15-17-32(18-16-31)20-21-9-14-25-22(19-21)7-6-8-26(25)36(34,35)30-24-12-10-23(11-13-24)29-27(33)28(2,3)4/h6-14,19,30H,5,15-18,20H2,1-4H3,(H,29,33). The first-order valence-corrected chi connectivity index (χ1v) is 13.9. The van der Waals surface area contributed by atoms with Gasteiger partial charge in [-0.3, -0.25) is 14.4 Å². The SMILES string of the molecule is CCN1CCN(Cc2ccc3c(S(=O)(=O)Nc4ccc(NC(=O)C(C)(C)C)cc4)cccc3c2)CC1. The highest BCUT2D eigenvalue weighted by Gasteiger charge is 2.22. The summed E-state index contributed by atoms with van der Waals surface area (Å²) < 4.78 is 29.2. The van der Waals surface area contributed by atoms with Crippen LogP contribution >= 0.6 is 0 Å². The Morgan fingerprint density at radius 3 is 2.17 bits per heavy atom. The van der Waals surface area contributed by atoms with E-state index in [2.05, 4.69) is 32.8 Å². The van der Waals surface area contributed by atoms with Gasteiger partial charge in [0.15, 0.2) is 0 Å². The number of nitrogens with zero attached hydrogens (tertiary/aromatic N) is 2. The maximum Gasteiger partial charge on any atom is 0.262 e. The van der Waals surface area contributed by atoms with E-state index < -0.39 is 15.4 Å². The molecule has 0 saturated carbocycles. The minimum absolute atomic E-state index is 0.103. The first kappa shape index (κ1) is 26.1. The number of anilines is 2. The van der Waals surface area contributed by atoms with Gasteiger partial charge in [0.2, 0.25) is 5.91 Å². The Kier molecular flexibility index (Phi) is 7.68. The van der Waals surface area contributed by atoms with Crippen LogP contribution in [0.4, 0.5) is 11.4 Å². The van der Waals surface area contributed by atoms with Crippen LogP contribution in [-0.4, -0.2) is 56.8 Å². The number of carbonyl (C=O) groups is 1. The lowest BCUT2D eigenvalue weighted by Gasteiger charge is -2.34. The van der Waals surface area contributed by atoms with E-state index >= 15 is 0 Å². The lowest BCUT2D eigenvalue weighted by Crippen LogP contribution is -2.45. The normalized spacial score (nSPS) is 15.7. The Labute approximate surface area is 214 Å². The molecule has 0 unspecified atom stereocenters. The predicted octanol–water partition coefficient (Wildman–Crippen LogP) is 4.76. The summed E-state index contributed by atoms with van der Waals surface area (Å²) in [4.78, 5) is 17.3. The molecule has 36 heavy (non-hydrogen) atoms. The number of hydrogen-bond acceptors (Lipinski definition) is 5. The molecule has 192 valence electrons. The molecule has 0 aliphatic carbocycles. The highest BCUT2D eigenvalue weighted by molar-refractivity contribution is 7.93. The molecule has 3 aromatic rings. The van der Waals surface area contributed by atoms with Crippen molar-refractivity contribution in [2.75, 3.05) is 42.8 Å². The number of likely N-dealkylation sites (N-methyl/N-ethyl adjacent to an activating group) is 1. The van der Waals surface area contributed by atoms with Crippen LogP contribution in [0.3, 0.4) is 0 Å². The van der Waals surface area contributed by atoms with Crippen LogP contribution in [-0.2, 0) is 21.4 Å². The largest absolute Gasteiger partial charge is 0.326 e. The van der Waals surface area contributed by atoms with Crippen molar-refractivity contribution >= 4 is 38.1 Å². The fourth-order valence-corrected chi connectivity index (χ4v) is 5.60. The molecular formula is C28H36N4O3S. The van der Waals surface area contributed by atoms with Gasteiger partial charge in [0.1, 0.15) is 0 Å². The molecule has 2 N–H and O–H groups in total. The summed E-state index contributed by atoms with van der Waals surface area (Å²) in [5.41, 5.74) is 1.72. The lowest BCUT2D eigenvalue weighted by atomic mass is 9.95. The number of rotatable bonds is 7. The zero-order valence-corrected chi connectivity index (χ0v) is 22.4. The van der Waals surface area contributed by atoms with E-state index in [1.807, 2.05) is 39.0 Å². The lowest BCUT2D eigenvalue weighted by molar-refractivity contribution is -0.123. The van der Waals surface area contributed by atoms with Crippen LogP contribution in [0.2, 0.25) is 0 Å². The monoisotopic (exact) mass is 508 g/mol. The van der Waals surface area contributed by atoms with Crippen LogP contribution in [0.1, 0.15) is 33.3 Å². The predicted molar refractivity (Wildman–Crippen MR) is 147 cm³/mol. The maximum atomic E-state index is 13.3. The smallest absolute Gasteiger partial charge is 0.262 e. The molecule has 1 fully saturated rings. The van der Waals surface area contributed by atoms with Gasteiger partial charge in [-0.1, -0.05) is 52.0 Å². The second-order valence-electron chi connectivity index (χ2n) is 10.4. The van der Waals surface area contributed by atoms with E-state index in [1.165, 1.54) is 5.56 Å². The molecule has 0 radical (unpaired) electrons. The van der Waals surface area contributed by atoms with Crippen molar-refractivity contribution in [3.63, 3.8) is 0 Å². The third-order valence-electron chi connectivity index (χ3n) is 6.59. The first-order valence-electron chi connectivity index (χ1n) is 12.5. The zero-order valence-electron chi connectivity index (χ0n) is 21.5. The van der Waals surface area contributed by atoms with Crippen molar-refractivity contribution in [3.05, 3.63) is 66.2 Å². The molecule has 0 atom stereocenters. The molecule has 1 aliphatic rings. The minimum atomic E-state index is -3.80. The zero-order chi connectivity index (χ0) is 25.9. The van der Waals surface area contributed by atoms with E-state index in [-0.39, 0.29) is 10.8 Å². The molecule has 1 saturated heterocycles. The number of amides is 1. The molecule has 4 rings (SSSR count). The van der Waals surface area contributed by atoms with Crippen molar-refractivity contribution in [2.45, 2.75) is 39.1 Å². The summed E-state index contributed by atoms with van der Waals surface area (Å²) in [5, 5.41) is 4.44. The van der Waals surface area contributed by atoms with E-state index in [9.17, 15) is 13.2 Å². The summed E-state index contributed by atoms with van der Waals surface area (Å²) in [6.07, 6.45) is 0. The average molecular weight is 509 g/mol. The number of carbonyl (C=O) groups excluding carboxylic acids is 1. The maximum absolute atomic E-state index is 13.3. The van der Waals surface area contributed by atoms with Gasteiger partial charge in [-0.05, 0) is 53.9 Å². The molecule has 0 spiro atoms. The Morgan fingerprint density at radius 2 is 1.53 bits per heavy atom. The van der Waals surface area contributed by atoms with Gasteiger partial charge >= 0.3 is 0 Å². The molecule has 8 heteroatoms. The van der Waals surface area contributed by atoms with Crippen LogP contribution < -0.4 is 10.0 Å². The van der Waals surface area contributed by atoms with Gasteiger partial charge in [-0.2, -0.15) is 0 Å². The Bertz CT molecular complexity index is 1320. The van der Waals surface area contributed by atoms with E-state index in [0.717, 1.165) is 44.7 Å². The molecule has 1 heterocycles. The van der Waals surface area contributed by atoms with E-state index in [4.69, 9.17) is 0 Å². The van der Waals surface area contributed by atoms with Crippen molar-refractivity contribution < 1.29 is 13.2 Å². The molecule has 0 aromatic heterocycles. The van der Waals surface area contributed by atoms with Crippen molar-refractivity contribution in [2.24, 2.45) is 5.41 Å².